The first-order valence-corrected chi connectivity index (χ1v) is 7.73. The summed E-state index contributed by atoms with van der Waals surface area (Å²) < 4.78 is 26.4. The van der Waals surface area contributed by atoms with Crippen LogP contribution in [-0.2, 0) is 10.0 Å². The second-order valence-corrected chi connectivity index (χ2v) is 6.80. The van der Waals surface area contributed by atoms with E-state index in [1.54, 1.807) is 0 Å². The van der Waals surface area contributed by atoms with Crippen molar-refractivity contribution >= 4 is 34.0 Å². The quantitative estimate of drug-likeness (QED) is 0.891. The van der Waals surface area contributed by atoms with Gasteiger partial charge in [-0.3, -0.25) is 0 Å². The van der Waals surface area contributed by atoms with Crippen LogP contribution in [0.1, 0.15) is 18.4 Å². The van der Waals surface area contributed by atoms with Crippen molar-refractivity contribution in [3.05, 3.63) is 28.8 Å². The first-order valence-electron chi connectivity index (χ1n) is 5.91. The van der Waals surface area contributed by atoms with Gasteiger partial charge in [0.25, 0.3) is 0 Å². The molecule has 1 heterocycles. The number of nitrogens with zero attached hydrogens (tertiary/aromatic N) is 2. The van der Waals surface area contributed by atoms with Crippen molar-refractivity contribution in [1.29, 1.82) is 5.26 Å². The number of halogens is 2. The van der Waals surface area contributed by atoms with E-state index in [0.29, 0.717) is 6.54 Å². The number of sulfonamides is 1. The molecule has 2 N–H and O–H groups in total. The molecule has 0 saturated carbocycles. The van der Waals surface area contributed by atoms with Crippen molar-refractivity contribution in [3.8, 4) is 6.07 Å². The van der Waals surface area contributed by atoms with Gasteiger partial charge in [0, 0.05) is 19.1 Å². The largest absolute Gasteiger partial charge is 0.327 e. The van der Waals surface area contributed by atoms with Crippen molar-refractivity contribution in [2.75, 3.05) is 13.1 Å². The van der Waals surface area contributed by atoms with Gasteiger partial charge in [0.15, 0.2) is 0 Å². The smallest absolute Gasteiger partial charge is 0.244 e. The van der Waals surface area contributed by atoms with E-state index < -0.39 is 10.0 Å². The molecule has 0 radical (unpaired) electrons. The van der Waals surface area contributed by atoms with E-state index in [2.05, 4.69) is 0 Å². The summed E-state index contributed by atoms with van der Waals surface area (Å²) in [6.45, 7) is 0.702. The summed E-state index contributed by atoms with van der Waals surface area (Å²) in [5.74, 6) is 0. The van der Waals surface area contributed by atoms with Crippen LogP contribution in [0.5, 0.6) is 0 Å². The van der Waals surface area contributed by atoms with Crippen molar-refractivity contribution in [3.63, 3.8) is 0 Å². The molecule has 1 saturated heterocycles. The molecule has 1 aromatic rings. The highest BCUT2D eigenvalue weighted by Gasteiger charge is 2.31. The third kappa shape index (κ3) is 3.25. The molecule has 20 heavy (non-hydrogen) atoms. The topological polar surface area (TPSA) is 87.2 Å². The predicted octanol–water partition coefficient (Wildman–Crippen LogP) is 1.75. The minimum Gasteiger partial charge on any atom is -0.327 e. The summed E-state index contributed by atoms with van der Waals surface area (Å²) in [5.41, 5.74) is 5.79. The lowest BCUT2D eigenvalue weighted by Crippen LogP contribution is -2.45. The highest BCUT2D eigenvalue weighted by Crippen LogP contribution is 2.27. The molecule has 8 heteroatoms. The minimum atomic E-state index is -3.71. The number of rotatable bonds is 2. The first-order chi connectivity index (χ1) is 8.96. The molecular formula is C12H15Cl2N3O2S. The fraction of sp³-hybridized carbons (Fsp3) is 0.417. The Morgan fingerprint density at radius 3 is 2.75 bits per heavy atom. The molecule has 0 amide bonds. The van der Waals surface area contributed by atoms with Crippen molar-refractivity contribution in [2.45, 2.75) is 23.8 Å². The third-order valence-corrected chi connectivity index (χ3v) is 5.35. The number of nitrogens with two attached hydrogens (primary N) is 1. The lowest BCUT2D eigenvalue weighted by atomic mass is 10.1. The summed E-state index contributed by atoms with van der Waals surface area (Å²) in [5, 5.41) is 9.21. The van der Waals surface area contributed by atoms with Crippen LogP contribution < -0.4 is 5.73 Å². The van der Waals surface area contributed by atoms with Gasteiger partial charge < -0.3 is 5.73 Å². The van der Waals surface area contributed by atoms with Crippen LogP contribution in [0.2, 0.25) is 5.02 Å². The van der Waals surface area contributed by atoms with Gasteiger partial charge in [-0.15, -0.1) is 12.4 Å². The maximum Gasteiger partial charge on any atom is 0.244 e. The Labute approximate surface area is 129 Å². The molecular weight excluding hydrogens is 321 g/mol. The van der Waals surface area contributed by atoms with Gasteiger partial charge in [-0.05, 0) is 25.0 Å². The zero-order chi connectivity index (χ0) is 14.0. The number of hydrogen-bond donors (Lipinski definition) is 1. The summed E-state index contributed by atoms with van der Waals surface area (Å²) in [7, 11) is -3.71. The molecule has 1 aliphatic heterocycles. The van der Waals surface area contributed by atoms with Gasteiger partial charge in [0.2, 0.25) is 10.0 Å². The molecule has 1 aliphatic rings. The Balaban J connectivity index is 0.00000200. The van der Waals surface area contributed by atoms with E-state index in [-0.39, 0.29) is 40.5 Å². The van der Waals surface area contributed by atoms with E-state index in [9.17, 15) is 8.42 Å². The van der Waals surface area contributed by atoms with Gasteiger partial charge in [-0.1, -0.05) is 17.7 Å². The molecule has 0 bridgehead atoms. The highest BCUT2D eigenvalue weighted by atomic mass is 35.5. The number of hydrogen-bond acceptors (Lipinski definition) is 4. The molecule has 1 unspecified atom stereocenters. The SMILES string of the molecule is Cl.N#Cc1c(Cl)cccc1S(=O)(=O)N1CCCC(N)C1. The highest BCUT2D eigenvalue weighted by molar-refractivity contribution is 7.89. The molecule has 2 rings (SSSR count). The van der Waals surface area contributed by atoms with Crippen molar-refractivity contribution in [1.82, 2.24) is 4.31 Å². The summed E-state index contributed by atoms with van der Waals surface area (Å²) in [4.78, 5) is -0.0448. The predicted molar refractivity (Wildman–Crippen MR) is 79.4 cm³/mol. The molecule has 1 atom stereocenters. The fourth-order valence-corrected chi connectivity index (χ4v) is 4.13. The monoisotopic (exact) mass is 335 g/mol. The van der Waals surface area contributed by atoms with Crippen LogP contribution in [0.15, 0.2) is 23.1 Å². The third-order valence-electron chi connectivity index (χ3n) is 3.13. The molecule has 1 fully saturated rings. The number of piperidine rings is 1. The van der Waals surface area contributed by atoms with E-state index in [1.807, 2.05) is 6.07 Å². The Bertz CT molecular complexity index is 628. The van der Waals surface area contributed by atoms with Crippen molar-refractivity contribution in [2.24, 2.45) is 5.73 Å². The maximum atomic E-state index is 12.5. The van der Waals surface area contributed by atoms with E-state index in [1.165, 1.54) is 22.5 Å². The molecule has 5 nitrogen and oxygen atoms in total. The molecule has 0 spiro atoms. The number of benzene rings is 1. The number of nitriles is 1. The van der Waals surface area contributed by atoms with Crippen molar-refractivity contribution < 1.29 is 8.42 Å². The normalized spacial score (nSPS) is 19.9. The summed E-state index contributed by atoms with van der Waals surface area (Å²) in [6.07, 6.45) is 1.54. The Hall–Kier alpha value is -0.840. The lowest BCUT2D eigenvalue weighted by Gasteiger charge is -2.30. The Morgan fingerprint density at radius 1 is 1.45 bits per heavy atom. The second kappa shape index (κ2) is 6.74. The second-order valence-electron chi connectivity index (χ2n) is 4.49. The lowest BCUT2D eigenvalue weighted by molar-refractivity contribution is 0.316. The minimum absolute atomic E-state index is 0. The van der Waals surface area contributed by atoms with Gasteiger partial charge in [-0.2, -0.15) is 9.57 Å². The molecule has 1 aromatic carbocycles. The Morgan fingerprint density at radius 2 is 2.15 bits per heavy atom. The van der Waals surface area contributed by atoms with Crippen LogP contribution in [0.4, 0.5) is 0 Å². The average molecular weight is 336 g/mol. The van der Waals surface area contributed by atoms with Crippen LogP contribution >= 0.6 is 24.0 Å². The van der Waals surface area contributed by atoms with Gasteiger partial charge in [-0.25, -0.2) is 8.42 Å². The zero-order valence-electron chi connectivity index (χ0n) is 10.6. The van der Waals surface area contributed by atoms with Gasteiger partial charge in [0.05, 0.1) is 10.6 Å². The Kier molecular flexibility index (Phi) is 5.80. The molecule has 0 aliphatic carbocycles. The van der Waals surface area contributed by atoms with Crippen LogP contribution in [0.3, 0.4) is 0 Å². The first kappa shape index (κ1) is 17.2. The van der Waals surface area contributed by atoms with Crippen LogP contribution in [0.25, 0.3) is 0 Å². The van der Waals surface area contributed by atoms with E-state index in [4.69, 9.17) is 22.6 Å². The zero-order valence-corrected chi connectivity index (χ0v) is 13.0. The van der Waals surface area contributed by atoms with Crippen LogP contribution in [0, 0.1) is 11.3 Å². The molecule has 0 aromatic heterocycles. The van der Waals surface area contributed by atoms with E-state index in [0.717, 1.165) is 12.8 Å². The molecule has 110 valence electrons. The standard InChI is InChI=1S/C12H14ClN3O2S.ClH/c13-11-4-1-5-12(10(11)7-14)19(17,18)16-6-2-3-9(15)8-16;/h1,4-5,9H,2-3,6,8,15H2;1H. The summed E-state index contributed by atoms with van der Waals surface area (Å²) in [6, 6.07) is 6.12. The average Bonchev–Trinajstić information content (AvgIpc) is 2.38. The maximum absolute atomic E-state index is 12.5. The summed E-state index contributed by atoms with van der Waals surface area (Å²) >= 11 is 5.87. The van der Waals surface area contributed by atoms with Gasteiger partial charge >= 0.3 is 0 Å². The van der Waals surface area contributed by atoms with Gasteiger partial charge in [0.1, 0.15) is 11.0 Å². The van der Waals surface area contributed by atoms with Crippen LogP contribution in [-0.4, -0.2) is 31.9 Å². The fourth-order valence-electron chi connectivity index (χ4n) is 2.16. The van der Waals surface area contributed by atoms with E-state index >= 15 is 0 Å².